The second-order valence-electron chi connectivity index (χ2n) is 5.90. The van der Waals surface area contributed by atoms with Gasteiger partial charge in [-0.25, -0.2) is 8.42 Å². The molecule has 118 valence electrons. The molecule has 21 heavy (non-hydrogen) atoms. The van der Waals surface area contributed by atoms with Crippen molar-refractivity contribution in [1.82, 2.24) is 0 Å². The van der Waals surface area contributed by atoms with Crippen molar-refractivity contribution in [3.8, 4) is 0 Å². The maximum atomic E-state index is 12.1. The summed E-state index contributed by atoms with van der Waals surface area (Å²) in [6.07, 6.45) is 1.04. The summed E-state index contributed by atoms with van der Waals surface area (Å²) in [5.74, 6) is -0.388. The van der Waals surface area contributed by atoms with Crippen LogP contribution in [-0.4, -0.2) is 26.6 Å². The molecule has 6 nitrogen and oxygen atoms in total. The molecular formula is C13H20ClN3O3S. The molecular weight excluding hydrogens is 314 g/mol. The molecule has 4 N–H and O–H groups in total. The van der Waals surface area contributed by atoms with E-state index in [1.807, 2.05) is 20.8 Å². The SMILES string of the molecule is CC(C)(C)[C@@H](N)C(=O)Nc1cc(NS(C)(=O)=O)ccc1Cl. The molecule has 1 aromatic rings. The zero-order valence-electron chi connectivity index (χ0n) is 12.4. The molecule has 1 rings (SSSR count). The lowest BCUT2D eigenvalue weighted by Crippen LogP contribution is -2.45. The summed E-state index contributed by atoms with van der Waals surface area (Å²) < 4.78 is 24.7. The van der Waals surface area contributed by atoms with Crippen LogP contribution in [0, 0.1) is 5.41 Å². The minimum Gasteiger partial charge on any atom is -0.323 e. The van der Waals surface area contributed by atoms with Gasteiger partial charge in [-0.2, -0.15) is 0 Å². The molecule has 0 radical (unpaired) electrons. The van der Waals surface area contributed by atoms with Gasteiger partial charge in [0.05, 0.1) is 28.7 Å². The first-order valence-electron chi connectivity index (χ1n) is 6.24. The molecule has 1 amide bonds. The minimum atomic E-state index is -3.41. The van der Waals surface area contributed by atoms with Crippen molar-refractivity contribution >= 4 is 38.9 Å². The molecule has 0 aliphatic rings. The number of hydrogen-bond acceptors (Lipinski definition) is 4. The van der Waals surface area contributed by atoms with Gasteiger partial charge in [0.25, 0.3) is 0 Å². The van der Waals surface area contributed by atoms with Gasteiger partial charge in [-0.05, 0) is 23.6 Å². The Morgan fingerprint density at radius 2 is 1.90 bits per heavy atom. The number of amides is 1. The third-order valence-corrected chi connectivity index (χ3v) is 3.68. The normalized spacial score (nSPS) is 13.6. The number of halogens is 1. The van der Waals surface area contributed by atoms with E-state index in [0.29, 0.717) is 16.4 Å². The Kier molecular flexibility index (Phi) is 5.25. The van der Waals surface area contributed by atoms with Crippen LogP contribution in [0.3, 0.4) is 0 Å². The second kappa shape index (κ2) is 6.21. The standard InChI is InChI=1S/C13H20ClN3O3S/c1-13(2,3)11(15)12(18)16-10-7-8(5-6-9(10)14)17-21(4,19)20/h5-7,11,17H,15H2,1-4H3,(H,16,18)/t11-/m0/s1. The summed E-state index contributed by atoms with van der Waals surface area (Å²) in [7, 11) is -3.41. The number of hydrogen-bond donors (Lipinski definition) is 3. The fourth-order valence-electron chi connectivity index (χ4n) is 1.50. The quantitative estimate of drug-likeness (QED) is 0.784. The summed E-state index contributed by atoms with van der Waals surface area (Å²) >= 11 is 6.00. The van der Waals surface area contributed by atoms with E-state index in [9.17, 15) is 13.2 Å². The first-order valence-corrected chi connectivity index (χ1v) is 8.51. The van der Waals surface area contributed by atoms with Crippen LogP contribution in [0.25, 0.3) is 0 Å². The molecule has 0 bridgehead atoms. The van der Waals surface area contributed by atoms with E-state index in [1.54, 1.807) is 0 Å². The minimum absolute atomic E-state index is 0.295. The van der Waals surface area contributed by atoms with Gasteiger partial charge in [-0.3, -0.25) is 9.52 Å². The highest BCUT2D eigenvalue weighted by atomic mass is 35.5. The highest BCUT2D eigenvalue weighted by Crippen LogP contribution is 2.27. The monoisotopic (exact) mass is 333 g/mol. The number of carbonyl (C=O) groups is 1. The van der Waals surface area contributed by atoms with Crippen molar-refractivity contribution in [2.75, 3.05) is 16.3 Å². The van der Waals surface area contributed by atoms with E-state index in [2.05, 4.69) is 10.0 Å². The summed E-state index contributed by atoms with van der Waals surface area (Å²) in [5.41, 5.74) is 6.07. The zero-order chi connectivity index (χ0) is 16.4. The second-order valence-corrected chi connectivity index (χ2v) is 8.06. The zero-order valence-corrected chi connectivity index (χ0v) is 14.0. The van der Waals surface area contributed by atoms with E-state index < -0.39 is 21.5 Å². The molecule has 0 saturated heterocycles. The Balaban J connectivity index is 2.98. The van der Waals surface area contributed by atoms with Crippen LogP contribution in [0.15, 0.2) is 18.2 Å². The molecule has 1 atom stereocenters. The molecule has 0 aromatic heterocycles. The molecule has 8 heteroatoms. The van der Waals surface area contributed by atoms with Gasteiger partial charge in [0.2, 0.25) is 15.9 Å². The molecule has 0 aliphatic carbocycles. The van der Waals surface area contributed by atoms with Crippen LogP contribution >= 0.6 is 11.6 Å². The Morgan fingerprint density at radius 3 is 2.38 bits per heavy atom. The van der Waals surface area contributed by atoms with Crippen LogP contribution in [0.5, 0.6) is 0 Å². The topological polar surface area (TPSA) is 101 Å². The molecule has 0 fully saturated rings. The fourth-order valence-corrected chi connectivity index (χ4v) is 2.22. The van der Waals surface area contributed by atoms with Crippen molar-refractivity contribution in [2.45, 2.75) is 26.8 Å². The lowest BCUT2D eigenvalue weighted by Gasteiger charge is -2.26. The first kappa shape index (κ1) is 17.7. The maximum Gasteiger partial charge on any atom is 0.241 e. The predicted molar refractivity (Wildman–Crippen MR) is 86.0 cm³/mol. The van der Waals surface area contributed by atoms with Crippen LogP contribution < -0.4 is 15.8 Å². The number of rotatable bonds is 4. The lowest BCUT2D eigenvalue weighted by molar-refractivity contribution is -0.119. The van der Waals surface area contributed by atoms with Crippen molar-refractivity contribution < 1.29 is 13.2 Å². The van der Waals surface area contributed by atoms with Crippen molar-refractivity contribution in [3.05, 3.63) is 23.2 Å². The van der Waals surface area contributed by atoms with Crippen LogP contribution in [0.4, 0.5) is 11.4 Å². The number of benzene rings is 1. The molecule has 0 aliphatic heterocycles. The van der Waals surface area contributed by atoms with E-state index in [1.165, 1.54) is 18.2 Å². The first-order chi connectivity index (χ1) is 9.40. The van der Waals surface area contributed by atoms with Gasteiger partial charge in [0, 0.05) is 0 Å². The third kappa shape index (κ3) is 5.53. The number of nitrogens with two attached hydrogens (primary N) is 1. The van der Waals surface area contributed by atoms with Crippen LogP contribution in [0.1, 0.15) is 20.8 Å². The smallest absolute Gasteiger partial charge is 0.241 e. The van der Waals surface area contributed by atoms with Crippen LogP contribution in [0.2, 0.25) is 5.02 Å². The van der Waals surface area contributed by atoms with Crippen molar-refractivity contribution in [3.63, 3.8) is 0 Å². The van der Waals surface area contributed by atoms with Gasteiger partial charge >= 0.3 is 0 Å². The van der Waals surface area contributed by atoms with Gasteiger partial charge in [-0.15, -0.1) is 0 Å². The Morgan fingerprint density at radius 1 is 1.33 bits per heavy atom. The molecule has 0 spiro atoms. The largest absolute Gasteiger partial charge is 0.323 e. The van der Waals surface area contributed by atoms with Gasteiger partial charge in [0.1, 0.15) is 0 Å². The average molecular weight is 334 g/mol. The Labute approximate surface area is 130 Å². The number of carbonyl (C=O) groups excluding carboxylic acids is 1. The summed E-state index contributed by atoms with van der Waals surface area (Å²) in [6.45, 7) is 5.54. The van der Waals surface area contributed by atoms with Crippen LogP contribution in [-0.2, 0) is 14.8 Å². The predicted octanol–water partition coefficient (Wildman–Crippen LogP) is 2.02. The van der Waals surface area contributed by atoms with E-state index in [4.69, 9.17) is 17.3 Å². The van der Waals surface area contributed by atoms with Gasteiger partial charge in [0.15, 0.2) is 0 Å². The molecule has 1 aromatic carbocycles. The molecule has 0 heterocycles. The Hall–Kier alpha value is -1.31. The summed E-state index contributed by atoms with van der Waals surface area (Å²) in [5, 5.41) is 2.91. The van der Waals surface area contributed by atoms with Gasteiger partial charge in [-0.1, -0.05) is 32.4 Å². The Bertz CT molecular complexity index is 639. The van der Waals surface area contributed by atoms with Crippen molar-refractivity contribution in [1.29, 1.82) is 0 Å². The average Bonchev–Trinajstić information content (AvgIpc) is 2.29. The maximum absolute atomic E-state index is 12.1. The van der Waals surface area contributed by atoms with E-state index in [-0.39, 0.29) is 5.91 Å². The summed E-state index contributed by atoms with van der Waals surface area (Å²) in [6, 6.07) is 3.72. The number of nitrogens with one attached hydrogen (secondary N) is 2. The van der Waals surface area contributed by atoms with E-state index >= 15 is 0 Å². The highest BCUT2D eigenvalue weighted by molar-refractivity contribution is 7.92. The molecule has 0 saturated carbocycles. The van der Waals surface area contributed by atoms with E-state index in [0.717, 1.165) is 6.26 Å². The van der Waals surface area contributed by atoms with Gasteiger partial charge < -0.3 is 11.1 Å². The number of sulfonamides is 1. The lowest BCUT2D eigenvalue weighted by atomic mass is 9.87. The fraction of sp³-hybridized carbons (Fsp3) is 0.462. The molecule has 0 unspecified atom stereocenters. The summed E-state index contributed by atoms with van der Waals surface area (Å²) in [4.78, 5) is 12.1. The third-order valence-electron chi connectivity index (χ3n) is 2.74. The van der Waals surface area contributed by atoms with Crippen molar-refractivity contribution in [2.24, 2.45) is 11.1 Å². The number of anilines is 2. The highest BCUT2D eigenvalue weighted by Gasteiger charge is 2.27.